The van der Waals surface area contributed by atoms with Crippen LogP contribution in [0.5, 0.6) is 0 Å². The van der Waals surface area contributed by atoms with E-state index in [1.807, 2.05) is 6.79 Å². The molecule has 1 aromatic carbocycles. The van der Waals surface area contributed by atoms with Crippen molar-refractivity contribution < 1.29 is 4.79 Å². The van der Waals surface area contributed by atoms with E-state index in [-0.39, 0.29) is 0 Å². The predicted octanol–water partition coefficient (Wildman–Crippen LogP) is 4.12. The fourth-order valence-corrected chi connectivity index (χ4v) is 1.24. The van der Waals surface area contributed by atoms with Crippen LogP contribution in [-0.2, 0) is 4.79 Å². The van der Waals surface area contributed by atoms with Crippen molar-refractivity contribution in [2.75, 3.05) is 0 Å². The van der Waals surface area contributed by atoms with E-state index in [4.69, 9.17) is 51.2 Å². The molecule has 0 heterocycles. The summed E-state index contributed by atoms with van der Waals surface area (Å²) in [6.45, 7) is 2.00. The third-order valence-electron chi connectivity index (χ3n) is 0.988. The summed E-state index contributed by atoms with van der Waals surface area (Å²) in [6.07, 6.45) is 0. The summed E-state index contributed by atoms with van der Waals surface area (Å²) >= 11 is 22.5. The zero-order valence-electron chi connectivity index (χ0n) is 5.78. The number of hydrogen-bond donors (Lipinski definition) is 0. The summed E-state index contributed by atoms with van der Waals surface area (Å²) in [5.74, 6) is 0. The van der Waals surface area contributed by atoms with Crippen molar-refractivity contribution in [1.82, 2.24) is 0 Å². The molecule has 5 heteroatoms. The second-order valence-corrected chi connectivity index (χ2v) is 3.23. The summed E-state index contributed by atoms with van der Waals surface area (Å²) < 4.78 is 0. The lowest BCUT2D eigenvalue weighted by atomic mass is 10.4. The van der Waals surface area contributed by atoms with Gasteiger partial charge in [-0.15, -0.1) is 0 Å². The van der Waals surface area contributed by atoms with E-state index in [2.05, 4.69) is 0 Å². The zero-order valence-corrected chi connectivity index (χ0v) is 8.81. The number of carbonyl (C=O) groups excluding carboxylic acids is 1. The standard InChI is InChI=1S/C6H2Cl4.CH2O/c7-3-1-2-4(8)6(10)5(3)9;1-2/h1-2H;1H2. The number of rotatable bonds is 0. The molecule has 0 unspecified atom stereocenters. The van der Waals surface area contributed by atoms with Crippen LogP contribution in [0.4, 0.5) is 0 Å². The monoisotopic (exact) mass is 244 g/mol. The maximum Gasteiger partial charge on any atom is 0.106 e. The van der Waals surface area contributed by atoms with Gasteiger partial charge < -0.3 is 4.79 Å². The van der Waals surface area contributed by atoms with Crippen molar-refractivity contribution in [3.8, 4) is 0 Å². The van der Waals surface area contributed by atoms with Crippen LogP contribution in [-0.4, -0.2) is 6.79 Å². The van der Waals surface area contributed by atoms with Gasteiger partial charge in [0.25, 0.3) is 0 Å². The number of carbonyl (C=O) groups is 1. The van der Waals surface area contributed by atoms with Crippen LogP contribution in [0.1, 0.15) is 0 Å². The Kier molecular flexibility index (Phi) is 5.68. The molecular weight excluding hydrogens is 242 g/mol. The van der Waals surface area contributed by atoms with E-state index in [1.165, 1.54) is 0 Å². The smallest absolute Gasteiger partial charge is 0.106 e. The van der Waals surface area contributed by atoms with Gasteiger partial charge in [0.15, 0.2) is 0 Å². The zero-order chi connectivity index (χ0) is 9.72. The average Bonchev–Trinajstić information content (AvgIpc) is 2.12. The van der Waals surface area contributed by atoms with E-state index < -0.39 is 0 Å². The van der Waals surface area contributed by atoms with Gasteiger partial charge in [-0.3, -0.25) is 0 Å². The summed E-state index contributed by atoms with van der Waals surface area (Å²) in [7, 11) is 0. The first-order chi connectivity index (χ1) is 5.63. The largest absolute Gasteiger partial charge is 0.307 e. The molecule has 0 N–H and O–H groups in total. The molecule has 0 bridgehead atoms. The van der Waals surface area contributed by atoms with Gasteiger partial charge in [0, 0.05) is 0 Å². The van der Waals surface area contributed by atoms with Gasteiger partial charge in [-0.2, -0.15) is 0 Å². The summed E-state index contributed by atoms with van der Waals surface area (Å²) in [5, 5.41) is 1.43. The Morgan fingerprint density at radius 3 is 1.33 bits per heavy atom. The second-order valence-electron chi connectivity index (χ2n) is 1.66. The van der Waals surface area contributed by atoms with Crippen molar-refractivity contribution >= 4 is 53.2 Å². The summed E-state index contributed by atoms with van der Waals surface area (Å²) in [6, 6.07) is 3.19. The molecule has 0 spiro atoms. The van der Waals surface area contributed by atoms with Crippen molar-refractivity contribution in [2.24, 2.45) is 0 Å². The Labute approximate surface area is 90.2 Å². The fourth-order valence-electron chi connectivity index (χ4n) is 0.502. The van der Waals surface area contributed by atoms with Gasteiger partial charge in [-0.05, 0) is 12.1 Å². The fraction of sp³-hybridized carbons (Fsp3) is 0. The minimum absolute atomic E-state index is 0.302. The lowest BCUT2D eigenvalue weighted by molar-refractivity contribution is -0.0979. The van der Waals surface area contributed by atoms with Crippen molar-refractivity contribution in [3.63, 3.8) is 0 Å². The maximum absolute atomic E-state index is 8.00. The maximum atomic E-state index is 8.00. The Morgan fingerprint density at radius 1 is 0.833 bits per heavy atom. The molecule has 1 rings (SSSR count). The van der Waals surface area contributed by atoms with Gasteiger partial charge >= 0.3 is 0 Å². The van der Waals surface area contributed by atoms with Crippen LogP contribution in [0.15, 0.2) is 12.1 Å². The molecule has 12 heavy (non-hydrogen) atoms. The van der Waals surface area contributed by atoms with Crippen LogP contribution < -0.4 is 0 Å². The Morgan fingerprint density at radius 2 is 1.08 bits per heavy atom. The molecule has 0 aromatic heterocycles. The van der Waals surface area contributed by atoms with Gasteiger partial charge in [-0.1, -0.05) is 46.4 Å². The van der Waals surface area contributed by atoms with Gasteiger partial charge in [0.1, 0.15) is 6.79 Å². The van der Waals surface area contributed by atoms with Crippen LogP contribution in [0.2, 0.25) is 20.1 Å². The minimum Gasteiger partial charge on any atom is -0.307 e. The van der Waals surface area contributed by atoms with E-state index in [0.29, 0.717) is 20.1 Å². The molecule has 0 saturated heterocycles. The van der Waals surface area contributed by atoms with Crippen LogP contribution in [0.25, 0.3) is 0 Å². The first-order valence-electron chi connectivity index (χ1n) is 2.71. The third-order valence-corrected chi connectivity index (χ3v) is 2.69. The number of benzene rings is 1. The molecule has 0 fully saturated rings. The van der Waals surface area contributed by atoms with E-state index in [9.17, 15) is 0 Å². The summed E-state index contributed by atoms with van der Waals surface area (Å²) in [4.78, 5) is 8.00. The SMILES string of the molecule is C=O.Clc1ccc(Cl)c(Cl)c1Cl. The molecule has 1 aromatic rings. The second kappa shape index (κ2) is 5.65. The average molecular weight is 246 g/mol. The lowest BCUT2D eigenvalue weighted by Crippen LogP contribution is -1.71. The highest BCUT2D eigenvalue weighted by Gasteiger charge is 2.05. The van der Waals surface area contributed by atoms with Crippen molar-refractivity contribution in [1.29, 1.82) is 0 Å². The highest BCUT2D eigenvalue weighted by atomic mass is 35.5. The number of halogens is 4. The normalized spacial score (nSPS) is 8.67. The molecule has 1 nitrogen and oxygen atoms in total. The minimum atomic E-state index is 0.302. The van der Waals surface area contributed by atoms with Crippen LogP contribution in [0.3, 0.4) is 0 Å². The van der Waals surface area contributed by atoms with Gasteiger partial charge in [0.2, 0.25) is 0 Å². The highest BCUT2D eigenvalue weighted by Crippen LogP contribution is 2.34. The molecule has 0 aliphatic heterocycles. The van der Waals surface area contributed by atoms with Gasteiger partial charge in [-0.25, -0.2) is 0 Å². The molecule has 0 atom stereocenters. The third kappa shape index (κ3) is 2.83. The van der Waals surface area contributed by atoms with Gasteiger partial charge in [0.05, 0.1) is 20.1 Å². The van der Waals surface area contributed by atoms with E-state index in [1.54, 1.807) is 12.1 Å². The topological polar surface area (TPSA) is 17.1 Å². The molecule has 0 amide bonds. The first-order valence-corrected chi connectivity index (χ1v) is 4.22. The van der Waals surface area contributed by atoms with E-state index >= 15 is 0 Å². The quantitative estimate of drug-likeness (QED) is 0.497. The molecule has 0 aliphatic carbocycles. The molecule has 0 saturated carbocycles. The Bertz CT molecular complexity index is 247. The molecular formula is C7H4Cl4O. The molecule has 0 radical (unpaired) electrons. The summed E-state index contributed by atoms with van der Waals surface area (Å²) in [5.41, 5.74) is 0. The van der Waals surface area contributed by atoms with Crippen molar-refractivity contribution in [3.05, 3.63) is 32.2 Å². The highest BCUT2D eigenvalue weighted by molar-refractivity contribution is 6.51. The predicted molar refractivity (Wildman–Crippen MR) is 53.6 cm³/mol. The first kappa shape index (κ1) is 12.0. The Hall–Kier alpha value is 0.0500. The lowest BCUT2D eigenvalue weighted by Gasteiger charge is -1.98. The number of hydrogen-bond acceptors (Lipinski definition) is 1. The van der Waals surface area contributed by atoms with Crippen molar-refractivity contribution in [2.45, 2.75) is 0 Å². The van der Waals surface area contributed by atoms with E-state index in [0.717, 1.165) is 0 Å². The Balaban J connectivity index is 0.000000561. The van der Waals surface area contributed by atoms with Crippen LogP contribution >= 0.6 is 46.4 Å². The molecule has 66 valence electrons. The molecule has 0 aliphatic rings. The van der Waals surface area contributed by atoms with Crippen LogP contribution in [0, 0.1) is 0 Å².